The summed E-state index contributed by atoms with van der Waals surface area (Å²) in [6.07, 6.45) is 2.29. The first kappa shape index (κ1) is 8.47. The molecule has 0 fully saturated rings. The fourth-order valence-corrected chi connectivity index (χ4v) is 0.780. The van der Waals surface area contributed by atoms with Gasteiger partial charge in [0.1, 0.15) is 0 Å². The molecular formula is C7H14O2. The van der Waals surface area contributed by atoms with Crippen molar-refractivity contribution in [3.8, 4) is 0 Å². The first-order valence-corrected chi connectivity index (χ1v) is 3.36. The van der Waals surface area contributed by atoms with Crippen LogP contribution in [0.2, 0.25) is 0 Å². The molecule has 9 heavy (non-hydrogen) atoms. The van der Waals surface area contributed by atoms with E-state index in [1.807, 2.05) is 0 Å². The highest BCUT2D eigenvalue weighted by molar-refractivity contribution is 5.36. The summed E-state index contributed by atoms with van der Waals surface area (Å²) in [7, 11) is 0. The van der Waals surface area contributed by atoms with Gasteiger partial charge in [-0.2, -0.15) is 0 Å². The molecule has 0 bridgehead atoms. The smallest absolute Gasteiger partial charge is 0.293 e. The van der Waals surface area contributed by atoms with Gasteiger partial charge in [0.15, 0.2) is 0 Å². The lowest BCUT2D eigenvalue weighted by atomic mass is 10.1. The average molecular weight is 130 g/mol. The molecule has 54 valence electrons. The quantitative estimate of drug-likeness (QED) is 0.528. The minimum Gasteiger partial charge on any atom is -0.468 e. The van der Waals surface area contributed by atoms with Gasteiger partial charge in [0.05, 0.1) is 6.61 Å². The Morgan fingerprint density at radius 3 is 2.78 bits per heavy atom. The van der Waals surface area contributed by atoms with Crippen molar-refractivity contribution in [3.05, 3.63) is 0 Å². The molecule has 0 radical (unpaired) electrons. The Kier molecular flexibility index (Phi) is 5.27. The van der Waals surface area contributed by atoms with E-state index in [1.165, 1.54) is 0 Å². The van der Waals surface area contributed by atoms with Gasteiger partial charge >= 0.3 is 0 Å². The Balaban J connectivity index is 3.04. The molecule has 2 nitrogen and oxygen atoms in total. The summed E-state index contributed by atoms with van der Waals surface area (Å²) in [5.41, 5.74) is 0. The highest BCUT2D eigenvalue weighted by Crippen LogP contribution is 2.03. The van der Waals surface area contributed by atoms with Gasteiger partial charge in [-0.3, -0.25) is 4.79 Å². The average Bonchev–Trinajstić information content (AvgIpc) is 1.85. The van der Waals surface area contributed by atoms with E-state index in [2.05, 4.69) is 18.6 Å². The largest absolute Gasteiger partial charge is 0.468 e. The maximum Gasteiger partial charge on any atom is 0.293 e. The van der Waals surface area contributed by atoms with Gasteiger partial charge in [-0.15, -0.1) is 0 Å². The second kappa shape index (κ2) is 5.60. The molecule has 0 aromatic rings. The van der Waals surface area contributed by atoms with E-state index in [0.717, 1.165) is 12.8 Å². The van der Waals surface area contributed by atoms with Crippen LogP contribution in [0, 0.1) is 5.92 Å². The SMILES string of the molecule is CCC[C@H](C)COC=O. The topological polar surface area (TPSA) is 26.3 Å². The fraction of sp³-hybridized carbons (Fsp3) is 0.857. The summed E-state index contributed by atoms with van der Waals surface area (Å²) in [5.74, 6) is 0.514. The highest BCUT2D eigenvalue weighted by Gasteiger charge is 1.98. The monoisotopic (exact) mass is 130 g/mol. The molecule has 0 aromatic heterocycles. The van der Waals surface area contributed by atoms with Crippen molar-refractivity contribution in [1.29, 1.82) is 0 Å². The zero-order chi connectivity index (χ0) is 7.11. The second-order valence-corrected chi connectivity index (χ2v) is 2.32. The van der Waals surface area contributed by atoms with Gasteiger partial charge in [0, 0.05) is 0 Å². The summed E-state index contributed by atoms with van der Waals surface area (Å²) < 4.78 is 4.57. The van der Waals surface area contributed by atoms with Crippen molar-refractivity contribution in [2.45, 2.75) is 26.7 Å². The predicted octanol–water partition coefficient (Wildman–Crippen LogP) is 1.60. The Labute approximate surface area is 56.2 Å². The molecule has 0 saturated heterocycles. The first-order valence-electron chi connectivity index (χ1n) is 3.36. The van der Waals surface area contributed by atoms with E-state index in [4.69, 9.17) is 0 Å². The van der Waals surface area contributed by atoms with Crippen molar-refractivity contribution in [2.75, 3.05) is 6.61 Å². The third-order valence-electron chi connectivity index (χ3n) is 1.23. The van der Waals surface area contributed by atoms with Crippen molar-refractivity contribution in [3.63, 3.8) is 0 Å². The number of hydrogen-bond donors (Lipinski definition) is 0. The van der Waals surface area contributed by atoms with Gasteiger partial charge in [0.25, 0.3) is 6.47 Å². The van der Waals surface area contributed by atoms with E-state index in [9.17, 15) is 4.79 Å². The molecule has 0 amide bonds. The van der Waals surface area contributed by atoms with E-state index < -0.39 is 0 Å². The van der Waals surface area contributed by atoms with Crippen LogP contribution in [-0.2, 0) is 9.53 Å². The van der Waals surface area contributed by atoms with Crippen molar-refractivity contribution < 1.29 is 9.53 Å². The molecule has 0 aliphatic carbocycles. The minimum absolute atomic E-state index is 0.506. The van der Waals surface area contributed by atoms with Crippen molar-refractivity contribution in [2.24, 2.45) is 5.92 Å². The number of hydrogen-bond acceptors (Lipinski definition) is 2. The number of rotatable bonds is 5. The summed E-state index contributed by atoms with van der Waals surface area (Å²) in [6.45, 7) is 5.27. The Morgan fingerprint density at radius 1 is 1.67 bits per heavy atom. The summed E-state index contributed by atoms with van der Waals surface area (Å²) in [5, 5.41) is 0. The number of carbonyl (C=O) groups is 1. The fourth-order valence-electron chi connectivity index (χ4n) is 0.780. The lowest BCUT2D eigenvalue weighted by Crippen LogP contribution is -2.03. The normalized spacial score (nSPS) is 12.7. The minimum atomic E-state index is 0.506. The molecule has 0 rings (SSSR count). The summed E-state index contributed by atoms with van der Waals surface area (Å²) in [4.78, 5) is 9.69. The van der Waals surface area contributed by atoms with Gasteiger partial charge < -0.3 is 4.74 Å². The maximum atomic E-state index is 9.69. The van der Waals surface area contributed by atoms with Gasteiger partial charge in [-0.05, 0) is 12.3 Å². The van der Waals surface area contributed by atoms with Crippen LogP contribution in [0.3, 0.4) is 0 Å². The highest BCUT2D eigenvalue weighted by atomic mass is 16.5. The molecule has 0 aliphatic heterocycles. The molecular weight excluding hydrogens is 116 g/mol. The predicted molar refractivity (Wildman–Crippen MR) is 36.1 cm³/mol. The summed E-state index contributed by atoms with van der Waals surface area (Å²) >= 11 is 0. The van der Waals surface area contributed by atoms with Gasteiger partial charge in [-0.25, -0.2) is 0 Å². The Bertz CT molecular complexity index is 71.3. The lowest BCUT2D eigenvalue weighted by Gasteiger charge is -2.06. The van der Waals surface area contributed by atoms with Crippen LogP contribution in [0.15, 0.2) is 0 Å². The third-order valence-corrected chi connectivity index (χ3v) is 1.23. The van der Waals surface area contributed by atoms with E-state index in [-0.39, 0.29) is 0 Å². The van der Waals surface area contributed by atoms with Crippen LogP contribution >= 0.6 is 0 Å². The van der Waals surface area contributed by atoms with Gasteiger partial charge in [0.2, 0.25) is 0 Å². The molecule has 0 unspecified atom stereocenters. The molecule has 1 atom stereocenters. The van der Waals surface area contributed by atoms with Crippen LogP contribution < -0.4 is 0 Å². The Morgan fingerprint density at radius 2 is 2.33 bits per heavy atom. The van der Waals surface area contributed by atoms with E-state index in [0.29, 0.717) is 19.0 Å². The maximum absolute atomic E-state index is 9.69. The van der Waals surface area contributed by atoms with E-state index in [1.54, 1.807) is 0 Å². The van der Waals surface area contributed by atoms with Crippen LogP contribution in [-0.4, -0.2) is 13.1 Å². The molecule has 0 aliphatic rings. The molecule has 0 heterocycles. The second-order valence-electron chi connectivity index (χ2n) is 2.32. The van der Waals surface area contributed by atoms with Crippen LogP contribution in [0.4, 0.5) is 0 Å². The summed E-state index contributed by atoms with van der Waals surface area (Å²) in [6, 6.07) is 0. The van der Waals surface area contributed by atoms with Crippen LogP contribution in [0.1, 0.15) is 26.7 Å². The van der Waals surface area contributed by atoms with Crippen molar-refractivity contribution in [1.82, 2.24) is 0 Å². The molecule has 0 N–H and O–H groups in total. The third kappa shape index (κ3) is 5.34. The number of carbonyl (C=O) groups excluding carboxylic acids is 1. The zero-order valence-electron chi connectivity index (χ0n) is 6.09. The molecule has 2 heteroatoms. The number of ether oxygens (including phenoxy) is 1. The standard InChI is InChI=1S/C7H14O2/c1-3-4-7(2)5-9-6-8/h6-7H,3-5H2,1-2H3/t7-/m0/s1. The van der Waals surface area contributed by atoms with E-state index >= 15 is 0 Å². The Hall–Kier alpha value is -0.530. The molecule has 0 aromatic carbocycles. The first-order chi connectivity index (χ1) is 4.31. The van der Waals surface area contributed by atoms with Crippen LogP contribution in [0.25, 0.3) is 0 Å². The zero-order valence-corrected chi connectivity index (χ0v) is 6.09. The van der Waals surface area contributed by atoms with Gasteiger partial charge in [-0.1, -0.05) is 20.3 Å². The molecule has 0 saturated carbocycles. The molecule has 0 spiro atoms. The van der Waals surface area contributed by atoms with Crippen molar-refractivity contribution >= 4 is 6.47 Å². The lowest BCUT2D eigenvalue weighted by molar-refractivity contribution is -0.129. The van der Waals surface area contributed by atoms with Crippen LogP contribution in [0.5, 0.6) is 0 Å².